The number of benzene rings is 7. The van der Waals surface area contributed by atoms with Gasteiger partial charge in [-0.3, -0.25) is 0 Å². The highest BCUT2D eigenvalue weighted by Crippen LogP contribution is 2.58. The van der Waals surface area contributed by atoms with E-state index in [0.29, 0.717) is 17.5 Å². The zero-order chi connectivity index (χ0) is 37.9. The molecule has 0 amide bonds. The van der Waals surface area contributed by atoms with Gasteiger partial charge in [-0.25, -0.2) is 15.0 Å². The van der Waals surface area contributed by atoms with Gasteiger partial charge < -0.3 is 4.42 Å². The first-order valence-electron chi connectivity index (χ1n) is 19.8. The third-order valence-electron chi connectivity index (χ3n) is 12.2. The Morgan fingerprint density at radius 3 is 1.81 bits per heavy atom. The molecule has 0 N–H and O–H groups in total. The fraction of sp³-hybridized carbons (Fsp3) is 0.115. The standard InChI is InChI=1S/C52H36N4O/c53-32-33-16-27-44-43(30-33)48-40(13-9-14-45(48)52(44)28-7-2-8-29-52)36-21-17-34(18-22-36)35-19-23-38(24-20-35)50-54-49(37-10-3-1-4-11-37)55-51(56-50)39-25-26-42-41-12-5-6-15-46(41)57-47(42)31-39/h1,3-6,9-27,30-31H,2,7-8,28-29H2. The summed E-state index contributed by atoms with van der Waals surface area (Å²) in [6, 6.07) is 57.2. The van der Waals surface area contributed by atoms with Crippen LogP contribution in [0.5, 0.6) is 0 Å². The van der Waals surface area contributed by atoms with Crippen molar-refractivity contribution in [2.75, 3.05) is 0 Å². The van der Waals surface area contributed by atoms with Gasteiger partial charge in [0.25, 0.3) is 0 Å². The summed E-state index contributed by atoms with van der Waals surface area (Å²) >= 11 is 0. The molecule has 0 bridgehead atoms. The third-order valence-corrected chi connectivity index (χ3v) is 12.2. The van der Waals surface area contributed by atoms with Crippen LogP contribution in [0.3, 0.4) is 0 Å². The van der Waals surface area contributed by atoms with E-state index in [0.717, 1.165) is 68.2 Å². The molecule has 5 heteroatoms. The van der Waals surface area contributed by atoms with Gasteiger partial charge in [-0.15, -0.1) is 0 Å². The van der Waals surface area contributed by atoms with Crippen LogP contribution < -0.4 is 0 Å². The van der Waals surface area contributed by atoms with Crippen LogP contribution in [0.15, 0.2) is 162 Å². The van der Waals surface area contributed by atoms with E-state index in [1.54, 1.807) is 0 Å². The molecule has 0 radical (unpaired) electrons. The van der Waals surface area contributed by atoms with Gasteiger partial charge in [-0.1, -0.05) is 147 Å². The Balaban J connectivity index is 0.937. The molecule has 11 rings (SSSR count). The minimum absolute atomic E-state index is 0.0396. The molecule has 0 unspecified atom stereocenters. The SMILES string of the molecule is N#Cc1ccc2c(c1)-c1c(-c3ccc(-c4ccc(-c5nc(-c6ccccc6)nc(-c6ccc7c(c6)oc6ccccc67)n5)cc4)cc3)cccc1C21CCCCC1. The molecule has 0 saturated heterocycles. The second-order valence-electron chi connectivity index (χ2n) is 15.4. The summed E-state index contributed by atoms with van der Waals surface area (Å²) < 4.78 is 6.22. The largest absolute Gasteiger partial charge is 0.456 e. The molecular weight excluding hydrogens is 697 g/mol. The van der Waals surface area contributed by atoms with Crippen LogP contribution in [-0.4, -0.2) is 15.0 Å². The number of rotatable bonds is 5. The smallest absolute Gasteiger partial charge is 0.164 e. The minimum Gasteiger partial charge on any atom is -0.456 e. The predicted molar refractivity (Wildman–Crippen MR) is 228 cm³/mol. The first-order chi connectivity index (χ1) is 28.1. The summed E-state index contributed by atoms with van der Waals surface area (Å²) in [5, 5.41) is 12.0. The average Bonchev–Trinajstić information content (AvgIpc) is 3.79. The van der Waals surface area contributed by atoms with Crippen LogP contribution in [0.4, 0.5) is 0 Å². The Morgan fingerprint density at radius 1 is 0.456 bits per heavy atom. The number of fused-ring (bicyclic) bond motifs is 8. The second-order valence-corrected chi connectivity index (χ2v) is 15.4. The maximum absolute atomic E-state index is 9.83. The highest BCUT2D eigenvalue weighted by Gasteiger charge is 2.44. The summed E-state index contributed by atoms with van der Waals surface area (Å²) in [5.41, 5.74) is 15.1. The summed E-state index contributed by atoms with van der Waals surface area (Å²) in [7, 11) is 0. The molecule has 0 atom stereocenters. The quantitative estimate of drug-likeness (QED) is 0.176. The van der Waals surface area contributed by atoms with Crippen LogP contribution in [0.2, 0.25) is 0 Å². The monoisotopic (exact) mass is 732 g/mol. The Kier molecular flexibility index (Phi) is 7.72. The molecule has 5 nitrogen and oxygen atoms in total. The average molecular weight is 733 g/mol. The van der Waals surface area contributed by atoms with E-state index in [1.165, 1.54) is 52.6 Å². The van der Waals surface area contributed by atoms with Crippen molar-refractivity contribution < 1.29 is 4.42 Å². The molecule has 2 aliphatic carbocycles. The van der Waals surface area contributed by atoms with Crippen LogP contribution in [0, 0.1) is 11.3 Å². The van der Waals surface area contributed by atoms with Crippen molar-refractivity contribution in [2.45, 2.75) is 37.5 Å². The van der Waals surface area contributed by atoms with Crippen molar-refractivity contribution in [3.05, 3.63) is 174 Å². The second kappa shape index (κ2) is 13.3. The number of hydrogen-bond acceptors (Lipinski definition) is 5. The van der Waals surface area contributed by atoms with Crippen LogP contribution in [0.25, 0.3) is 89.5 Å². The van der Waals surface area contributed by atoms with Crippen LogP contribution in [0.1, 0.15) is 48.8 Å². The summed E-state index contributed by atoms with van der Waals surface area (Å²) in [4.78, 5) is 14.9. The lowest BCUT2D eigenvalue weighted by molar-refractivity contribution is 0.353. The van der Waals surface area contributed by atoms with E-state index < -0.39 is 0 Å². The van der Waals surface area contributed by atoms with E-state index in [2.05, 4.69) is 103 Å². The van der Waals surface area contributed by atoms with Gasteiger partial charge >= 0.3 is 0 Å². The summed E-state index contributed by atoms with van der Waals surface area (Å²) in [5.74, 6) is 1.82. The topological polar surface area (TPSA) is 75.6 Å². The molecule has 1 saturated carbocycles. The predicted octanol–water partition coefficient (Wildman–Crippen LogP) is 13.2. The molecule has 1 spiro atoms. The van der Waals surface area contributed by atoms with Crippen molar-refractivity contribution >= 4 is 21.9 Å². The number of hydrogen-bond donors (Lipinski definition) is 0. The lowest BCUT2D eigenvalue weighted by Crippen LogP contribution is -2.28. The van der Waals surface area contributed by atoms with Gasteiger partial charge in [0, 0.05) is 32.9 Å². The van der Waals surface area contributed by atoms with Gasteiger partial charge in [-0.2, -0.15) is 5.26 Å². The molecular formula is C52H36N4O. The highest BCUT2D eigenvalue weighted by atomic mass is 16.3. The molecule has 2 aromatic heterocycles. The minimum atomic E-state index is 0.0396. The van der Waals surface area contributed by atoms with Gasteiger partial charge in [0.1, 0.15) is 11.2 Å². The van der Waals surface area contributed by atoms with Crippen molar-refractivity contribution in [1.29, 1.82) is 5.26 Å². The van der Waals surface area contributed by atoms with Crippen molar-refractivity contribution in [2.24, 2.45) is 0 Å². The maximum Gasteiger partial charge on any atom is 0.164 e. The van der Waals surface area contributed by atoms with Crippen molar-refractivity contribution in [1.82, 2.24) is 15.0 Å². The fourth-order valence-corrected chi connectivity index (χ4v) is 9.43. The van der Waals surface area contributed by atoms with Gasteiger partial charge in [0.2, 0.25) is 0 Å². The van der Waals surface area contributed by atoms with Crippen LogP contribution in [-0.2, 0) is 5.41 Å². The Labute approximate surface area is 331 Å². The number of para-hydroxylation sites is 1. The first-order valence-corrected chi connectivity index (χ1v) is 19.8. The molecule has 1 fully saturated rings. The molecule has 2 aliphatic rings. The molecule has 7 aromatic carbocycles. The molecule has 9 aromatic rings. The summed E-state index contributed by atoms with van der Waals surface area (Å²) in [6.07, 6.45) is 6.08. The van der Waals surface area contributed by atoms with Gasteiger partial charge in [-0.05, 0) is 87.7 Å². The third kappa shape index (κ3) is 5.48. The highest BCUT2D eigenvalue weighted by molar-refractivity contribution is 6.05. The number of nitrogens with zero attached hydrogens (tertiary/aromatic N) is 4. The normalized spacial score (nSPS) is 14.1. The van der Waals surface area contributed by atoms with Gasteiger partial charge in [0.15, 0.2) is 17.5 Å². The Bertz CT molecular complexity index is 3040. The Hall–Kier alpha value is -7.16. The zero-order valence-corrected chi connectivity index (χ0v) is 31.2. The van der Waals surface area contributed by atoms with Crippen LogP contribution >= 0.6 is 0 Å². The number of furan rings is 1. The lowest BCUT2D eigenvalue weighted by atomic mass is 9.67. The van der Waals surface area contributed by atoms with E-state index in [1.807, 2.05) is 60.7 Å². The Morgan fingerprint density at radius 2 is 1.07 bits per heavy atom. The number of nitriles is 1. The van der Waals surface area contributed by atoms with Gasteiger partial charge in [0.05, 0.1) is 11.6 Å². The molecule has 2 heterocycles. The number of aromatic nitrogens is 3. The van der Waals surface area contributed by atoms with E-state index in [9.17, 15) is 5.26 Å². The van der Waals surface area contributed by atoms with E-state index in [4.69, 9.17) is 19.4 Å². The van der Waals surface area contributed by atoms with E-state index >= 15 is 0 Å². The fourth-order valence-electron chi connectivity index (χ4n) is 9.43. The van der Waals surface area contributed by atoms with Crippen molar-refractivity contribution in [3.8, 4) is 73.6 Å². The zero-order valence-electron chi connectivity index (χ0n) is 31.2. The lowest BCUT2D eigenvalue weighted by Gasteiger charge is -2.36. The van der Waals surface area contributed by atoms with Crippen molar-refractivity contribution in [3.63, 3.8) is 0 Å². The first kappa shape index (κ1) is 33.2. The summed E-state index contributed by atoms with van der Waals surface area (Å²) in [6.45, 7) is 0. The molecule has 270 valence electrons. The van der Waals surface area contributed by atoms with E-state index in [-0.39, 0.29) is 5.41 Å². The molecule has 0 aliphatic heterocycles. The maximum atomic E-state index is 9.83. The molecule has 57 heavy (non-hydrogen) atoms.